The predicted molar refractivity (Wildman–Crippen MR) is 82.5 cm³/mol. The summed E-state index contributed by atoms with van der Waals surface area (Å²) < 4.78 is 27.2. The molecule has 0 amide bonds. The van der Waals surface area contributed by atoms with Gasteiger partial charge in [-0.1, -0.05) is 11.6 Å². The Hall–Kier alpha value is -1.48. The summed E-state index contributed by atoms with van der Waals surface area (Å²) in [5.41, 5.74) is 0.574. The molecule has 0 aliphatic heterocycles. The molecule has 1 aromatic carbocycles. The number of hydrogen-bond acceptors (Lipinski definition) is 6. The monoisotopic (exact) mass is 346 g/mol. The minimum Gasteiger partial charge on any atom is -0.467 e. The van der Waals surface area contributed by atoms with E-state index in [4.69, 9.17) is 21.2 Å². The van der Waals surface area contributed by atoms with E-state index in [1.165, 1.54) is 24.5 Å². The molecule has 1 heterocycles. The molecular formula is C12H11ClN2O4S2. The van der Waals surface area contributed by atoms with Gasteiger partial charge in [-0.25, -0.2) is 13.6 Å². The quantitative estimate of drug-likeness (QED) is 0.807. The van der Waals surface area contributed by atoms with Crippen molar-refractivity contribution in [3.63, 3.8) is 0 Å². The number of anilines is 1. The molecular weight excluding hydrogens is 336 g/mol. The topological polar surface area (TPSA) is 102 Å². The van der Waals surface area contributed by atoms with Gasteiger partial charge in [0, 0.05) is 10.7 Å². The number of rotatable bonds is 5. The van der Waals surface area contributed by atoms with E-state index in [1.807, 2.05) is 0 Å². The van der Waals surface area contributed by atoms with Gasteiger partial charge in [-0.15, -0.1) is 0 Å². The second kappa shape index (κ2) is 6.52. The number of nitrogens with one attached hydrogen (secondary N) is 1. The van der Waals surface area contributed by atoms with E-state index >= 15 is 0 Å². The van der Waals surface area contributed by atoms with Crippen LogP contribution in [0.5, 0.6) is 0 Å². The van der Waals surface area contributed by atoms with Gasteiger partial charge >= 0.3 is 0 Å². The molecule has 1 aromatic heterocycles. The second-order valence-corrected chi connectivity index (χ2v) is 7.84. The summed E-state index contributed by atoms with van der Waals surface area (Å²) in [7, 11) is -3.91. The smallest absolute Gasteiger partial charge is 0.270 e. The van der Waals surface area contributed by atoms with Crippen LogP contribution in [-0.4, -0.2) is 13.5 Å². The Morgan fingerprint density at radius 1 is 1.38 bits per heavy atom. The molecule has 0 spiro atoms. The number of hydrogen-bond donors (Lipinski definition) is 2. The van der Waals surface area contributed by atoms with Crippen LogP contribution in [0.15, 0.2) is 41.0 Å². The Morgan fingerprint density at radius 3 is 2.76 bits per heavy atom. The van der Waals surface area contributed by atoms with Crippen molar-refractivity contribution in [2.45, 2.75) is 6.54 Å². The molecule has 0 aliphatic rings. The highest BCUT2D eigenvalue weighted by atomic mass is 35.5. The average Bonchev–Trinajstić information content (AvgIpc) is 2.87. The lowest BCUT2D eigenvalue weighted by Crippen LogP contribution is -2.12. The molecule has 6 nitrogen and oxygen atoms in total. The van der Waals surface area contributed by atoms with Gasteiger partial charge in [0.25, 0.3) is 9.06 Å². The lowest BCUT2D eigenvalue weighted by molar-refractivity contribution is 0.109. The van der Waals surface area contributed by atoms with Crippen molar-refractivity contribution < 1.29 is 17.6 Å². The van der Waals surface area contributed by atoms with Crippen LogP contribution in [-0.2, 0) is 15.6 Å². The Balaban J connectivity index is 2.22. The largest absolute Gasteiger partial charge is 0.467 e. The van der Waals surface area contributed by atoms with Crippen molar-refractivity contribution >= 4 is 42.3 Å². The Morgan fingerprint density at radius 2 is 2.14 bits per heavy atom. The molecule has 9 heteroatoms. The maximum atomic E-state index is 12.0. The molecule has 0 radical (unpaired) electrons. The molecule has 0 unspecified atom stereocenters. The number of carbonyl (C=O) groups excluding carboxylic acids is 1. The first-order chi connectivity index (χ1) is 9.85. The zero-order valence-corrected chi connectivity index (χ0v) is 13.0. The summed E-state index contributed by atoms with van der Waals surface area (Å²) in [6.45, 7) is 0.327. The van der Waals surface area contributed by atoms with Gasteiger partial charge in [-0.3, -0.25) is 4.79 Å². The average molecular weight is 347 g/mol. The SMILES string of the molecule is NS(=O)(=O)SC(=O)c1ccc(Cl)cc1NCc1ccco1. The van der Waals surface area contributed by atoms with Crippen LogP contribution in [0.1, 0.15) is 16.1 Å². The van der Waals surface area contributed by atoms with Gasteiger partial charge in [0.15, 0.2) is 0 Å². The summed E-state index contributed by atoms with van der Waals surface area (Å²) in [5, 5.41) is 7.56. The molecule has 0 fully saturated rings. The fourth-order valence-corrected chi connectivity index (χ4v) is 3.14. The van der Waals surface area contributed by atoms with Crippen molar-refractivity contribution in [3.05, 3.63) is 52.9 Å². The minimum atomic E-state index is -3.97. The molecule has 0 atom stereocenters. The van der Waals surface area contributed by atoms with E-state index in [1.54, 1.807) is 12.1 Å². The van der Waals surface area contributed by atoms with E-state index in [0.717, 1.165) is 0 Å². The van der Waals surface area contributed by atoms with E-state index in [9.17, 15) is 13.2 Å². The first kappa shape index (κ1) is 15.9. The number of carbonyl (C=O) groups is 1. The minimum absolute atomic E-state index is 0.0578. The zero-order chi connectivity index (χ0) is 15.5. The number of nitrogens with two attached hydrogens (primary N) is 1. The third kappa shape index (κ3) is 4.78. The first-order valence-electron chi connectivity index (χ1n) is 5.67. The maximum Gasteiger partial charge on any atom is 0.270 e. The van der Waals surface area contributed by atoms with E-state index < -0.39 is 14.2 Å². The summed E-state index contributed by atoms with van der Waals surface area (Å²) >= 11 is 5.89. The van der Waals surface area contributed by atoms with Crippen LogP contribution in [0.25, 0.3) is 0 Å². The van der Waals surface area contributed by atoms with E-state index in [0.29, 0.717) is 23.0 Å². The van der Waals surface area contributed by atoms with Crippen LogP contribution in [0.4, 0.5) is 5.69 Å². The number of benzene rings is 1. The molecule has 0 bridgehead atoms. The number of furan rings is 1. The summed E-state index contributed by atoms with van der Waals surface area (Å²) in [6.07, 6.45) is 1.53. The van der Waals surface area contributed by atoms with Crippen LogP contribution in [0.2, 0.25) is 5.02 Å². The Kier molecular flexibility index (Phi) is 4.94. The standard InChI is InChI=1S/C12H11ClN2O4S2/c13-8-3-4-10(12(16)20-21(14,17)18)11(6-8)15-7-9-2-1-5-19-9/h1-6,15H,7H2,(H2,14,17,18). The molecule has 2 rings (SSSR count). The fraction of sp³-hybridized carbons (Fsp3) is 0.0833. The molecule has 112 valence electrons. The van der Waals surface area contributed by atoms with Crippen LogP contribution < -0.4 is 10.5 Å². The highest BCUT2D eigenvalue weighted by molar-refractivity contribution is 8.77. The van der Waals surface area contributed by atoms with Gasteiger partial charge < -0.3 is 9.73 Å². The van der Waals surface area contributed by atoms with Crippen molar-refractivity contribution in [2.75, 3.05) is 5.32 Å². The van der Waals surface area contributed by atoms with Crippen molar-refractivity contribution in [1.29, 1.82) is 0 Å². The third-order valence-electron chi connectivity index (χ3n) is 2.43. The first-order valence-corrected chi connectivity index (χ1v) is 8.93. The van der Waals surface area contributed by atoms with Crippen molar-refractivity contribution in [1.82, 2.24) is 0 Å². The van der Waals surface area contributed by atoms with Crippen LogP contribution in [0.3, 0.4) is 0 Å². The van der Waals surface area contributed by atoms with E-state index in [2.05, 4.69) is 5.32 Å². The predicted octanol–water partition coefficient (Wildman–Crippen LogP) is 2.62. The molecule has 21 heavy (non-hydrogen) atoms. The van der Waals surface area contributed by atoms with Crippen molar-refractivity contribution in [3.8, 4) is 0 Å². The van der Waals surface area contributed by atoms with E-state index in [-0.39, 0.29) is 16.4 Å². The van der Waals surface area contributed by atoms with Gasteiger partial charge in [0.05, 0.1) is 29.2 Å². The second-order valence-electron chi connectivity index (χ2n) is 3.99. The maximum absolute atomic E-state index is 12.0. The van der Waals surface area contributed by atoms with Crippen LogP contribution in [0, 0.1) is 0 Å². The van der Waals surface area contributed by atoms with Gasteiger partial charge in [-0.05, 0) is 30.3 Å². The summed E-state index contributed by atoms with van der Waals surface area (Å²) in [4.78, 5) is 12.0. The number of halogens is 1. The van der Waals surface area contributed by atoms with Crippen LogP contribution >= 0.6 is 22.4 Å². The lowest BCUT2D eigenvalue weighted by atomic mass is 10.2. The third-order valence-corrected chi connectivity index (χ3v) is 4.42. The Bertz CT molecular complexity index is 745. The molecule has 0 aliphatic carbocycles. The van der Waals surface area contributed by atoms with Gasteiger partial charge in [0.2, 0.25) is 5.12 Å². The fourth-order valence-electron chi connectivity index (χ4n) is 1.59. The van der Waals surface area contributed by atoms with Crippen molar-refractivity contribution in [2.24, 2.45) is 5.14 Å². The summed E-state index contributed by atoms with van der Waals surface area (Å²) in [6, 6.07) is 7.96. The van der Waals surface area contributed by atoms with Gasteiger partial charge in [0.1, 0.15) is 5.76 Å². The van der Waals surface area contributed by atoms with Gasteiger partial charge in [-0.2, -0.15) is 0 Å². The molecule has 3 N–H and O–H groups in total. The lowest BCUT2D eigenvalue weighted by Gasteiger charge is -2.10. The highest BCUT2D eigenvalue weighted by Gasteiger charge is 2.18. The molecule has 0 saturated heterocycles. The molecule has 2 aromatic rings. The normalized spacial score (nSPS) is 11.3. The highest BCUT2D eigenvalue weighted by Crippen LogP contribution is 2.27. The Labute approximate surface area is 130 Å². The molecule has 0 saturated carbocycles. The summed E-state index contributed by atoms with van der Waals surface area (Å²) in [5.74, 6) is 0.660. The zero-order valence-electron chi connectivity index (χ0n) is 10.6.